The molecule has 11 heteroatoms. The van der Waals surface area contributed by atoms with Crippen molar-refractivity contribution in [2.24, 2.45) is 5.92 Å². The number of halogens is 3. The summed E-state index contributed by atoms with van der Waals surface area (Å²) in [4.78, 5) is 44.1. The number of hydrogen-bond donors (Lipinski definition) is 0. The molecule has 1 aliphatic carbocycles. The molecule has 3 fully saturated rings. The van der Waals surface area contributed by atoms with E-state index in [1.807, 2.05) is 24.3 Å². The second-order valence-corrected chi connectivity index (χ2v) is 10.4. The molecule has 0 radical (unpaired) electrons. The average molecular weight is 546 g/mol. The van der Waals surface area contributed by atoms with Crippen molar-refractivity contribution >= 4 is 23.6 Å². The lowest BCUT2D eigenvalue weighted by atomic mass is 9.85. The minimum Gasteiger partial charge on any atom is -0.469 e. The zero-order chi connectivity index (χ0) is 27.8. The van der Waals surface area contributed by atoms with Crippen LogP contribution in [0.2, 0.25) is 0 Å². The number of nitrogens with zero attached hydrogens (tertiary/aromatic N) is 3. The fourth-order valence-electron chi connectivity index (χ4n) is 5.42. The highest BCUT2D eigenvalue weighted by Gasteiger charge is 2.58. The Bertz CT molecular complexity index is 1240. The Morgan fingerprint density at radius 1 is 1.03 bits per heavy atom. The molecule has 39 heavy (non-hydrogen) atoms. The number of benzene rings is 2. The number of piperidine rings is 1. The number of rotatable bonds is 8. The van der Waals surface area contributed by atoms with E-state index in [0.29, 0.717) is 44.0 Å². The predicted octanol–water partition coefficient (Wildman–Crippen LogP) is 4.51. The molecule has 2 aromatic rings. The minimum atomic E-state index is -4.79. The Balaban J connectivity index is 1.34. The van der Waals surface area contributed by atoms with Gasteiger partial charge in [0.2, 0.25) is 0 Å². The number of urea groups is 1. The van der Waals surface area contributed by atoms with Gasteiger partial charge in [0.05, 0.1) is 13.5 Å². The van der Waals surface area contributed by atoms with Crippen LogP contribution in [0.4, 0.5) is 23.7 Å². The van der Waals surface area contributed by atoms with Crippen molar-refractivity contribution in [3.63, 3.8) is 0 Å². The van der Waals surface area contributed by atoms with Crippen LogP contribution in [-0.4, -0.2) is 66.4 Å². The van der Waals surface area contributed by atoms with E-state index in [2.05, 4.69) is 9.64 Å². The van der Waals surface area contributed by atoms with E-state index in [9.17, 15) is 27.6 Å². The van der Waals surface area contributed by atoms with Gasteiger partial charge in [-0.25, -0.2) is 4.79 Å². The summed E-state index contributed by atoms with van der Waals surface area (Å²) >= 11 is 0. The zero-order valence-corrected chi connectivity index (χ0v) is 21.6. The van der Waals surface area contributed by atoms with E-state index in [0.717, 1.165) is 24.1 Å². The number of carbonyl (C=O) groups is 3. The van der Waals surface area contributed by atoms with Gasteiger partial charge in [-0.2, -0.15) is 0 Å². The lowest BCUT2D eigenvalue weighted by molar-refractivity contribution is -0.274. The van der Waals surface area contributed by atoms with E-state index in [1.54, 1.807) is 4.90 Å². The first kappa shape index (κ1) is 26.8. The van der Waals surface area contributed by atoms with Crippen LogP contribution in [0.25, 0.3) is 0 Å². The molecule has 2 aliphatic heterocycles. The molecule has 2 aromatic carbocycles. The van der Waals surface area contributed by atoms with E-state index < -0.39 is 11.9 Å². The van der Waals surface area contributed by atoms with Gasteiger partial charge in [0.25, 0.3) is 5.91 Å². The lowest BCUT2D eigenvalue weighted by Crippen LogP contribution is -2.56. The first-order valence-corrected chi connectivity index (χ1v) is 13.0. The second-order valence-electron chi connectivity index (χ2n) is 10.4. The summed E-state index contributed by atoms with van der Waals surface area (Å²) in [6, 6.07) is 12.6. The van der Waals surface area contributed by atoms with Crippen molar-refractivity contribution < 1.29 is 37.0 Å². The number of alkyl halides is 3. The van der Waals surface area contributed by atoms with E-state index >= 15 is 0 Å². The second kappa shape index (κ2) is 10.4. The SMILES string of the molecule is COC(=O)Cc1cccc(N2CCC3(CC2)C(=O)N(CC2CC2)C(=O)N3Cc2ccc(OC(F)(F)F)cc2)c1. The van der Waals surface area contributed by atoms with E-state index in [-0.39, 0.29) is 36.6 Å². The monoisotopic (exact) mass is 545 g/mol. The normalized spacial score (nSPS) is 19.1. The molecule has 2 heterocycles. The van der Waals surface area contributed by atoms with Crippen molar-refractivity contribution in [2.45, 2.75) is 50.6 Å². The van der Waals surface area contributed by atoms with Gasteiger partial charge in [-0.3, -0.25) is 14.5 Å². The smallest absolute Gasteiger partial charge is 0.469 e. The molecule has 0 N–H and O–H groups in total. The molecule has 0 atom stereocenters. The predicted molar refractivity (Wildman–Crippen MR) is 135 cm³/mol. The van der Waals surface area contributed by atoms with Crippen LogP contribution < -0.4 is 9.64 Å². The van der Waals surface area contributed by atoms with Gasteiger partial charge in [-0.05, 0) is 67.0 Å². The van der Waals surface area contributed by atoms with Gasteiger partial charge < -0.3 is 19.3 Å². The zero-order valence-electron chi connectivity index (χ0n) is 21.6. The van der Waals surface area contributed by atoms with Crippen LogP contribution in [0.5, 0.6) is 5.75 Å². The third-order valence-electron chi connectivity index (χ3n) is 7.70. The van der Waals surface area contributed by atoms with Gasteiger partial charge in [0.1, 0.15) is 11.3 Å². The summed E-state index contributed by atoms with van der Waals surface area (Å²) in [5.74, 6) is -0.547. The lowest BCUT2D eigenvalue weighted by Gasteiger charge is -2.43. The van der Waals surface area contributed by atoms with Gasteiger partial charge in [-0.1, -0.05) is 24.3 Å². The van der Waals surface area contributed by atoms with Gasteiger partial charge >= 0.3 is 18.4 Å². The molecule has 1 saturated carbocycles. The number of amides is 3. The summed E-state index contributed by atoms with van der Waals surface area (Å²) in [5, 5.41) is 0. The van der Waals surface area contributed by atoms with Crippen molar-refractivity contribution in [1.82, 2.24) is 9.80 Å². The van der Waals surface area contributed by atoms with Crippen molar-refractivity contribution in [2.75, 3.05) is 31.6 Å². The van der Waals surface area contributed by atoms with Gasteiger partial charge in [0.15, 0.2) is 0 Å². The number of methoxy groups -OCH3 is 1. The average Bonchev–Trinajstić information content (AvgIpc) is 3.71. The van der Waals surface area contributed by atoms with Crippen molar-refractivity contribution in [1.29, 1.82) is 0 Å². The molecule has 8 nitrogen and oxygen atoms in total. The largest absolute Gasteiger partial charge is 0.573 e. The quantitative estimate of drug-likeness (QED) is 0.359. The summed E-state index contributed by atoms with van der Waals surface area (Å²) in [6.07, 6.45) is -1.84. The maximum atomic E-state index is 13.8. The van der Waals surface area contributed by atoms with Crippen LogP contribution in [0.1, 0.15) is 36.8 Å². The maximum absolute atomic E-state index is 13.8. The fourth-order valence-corrected chi connectivity index (χ4v) is 5.42. The third kappa shape index (κ3) is 5.81. The molecule has 208 valence electrons. The number of anilines is 1. The number of hydrogen-bond acceptors (Lipinski definition) is 6. The van der Waals surface area contributed by atoms with E-state index in [1.165, 1.54) is 36.3 Å². The molecular formula is C28H30F3N3O5. The summed E-state index contributed by atoms with van der Waals surface area (Å²) in [5.41, 5.74) is 1.33. The maximum Gasteiger partial charge on any atom is 0.573 e. The molecule has 3 amide bonds. The summed E-state index contributed by atoms with van der Waals surface area (Å²) < 4.78 is 46.4. The molecule has 0 bridgehead atoms. The topological polar surface area (TPSA) is 79.4 Å². The third-order valence-corrected chi connectivity index (χ3v) is 7.70. The van der Waals surface area contributed by atoms with Crippen LogP contribution in [0, 0.1) is 5.92 Å². The molecular weight excluding hydrogens is 515 g/mol. The van der Waals surface area contributed by atoms with Gasteiger partial charge in [-0.15, -0.1) is 13.2 Å². The van der Waals surface area contributed by atoms with Crippen molar-refractivity contribution in [3.05, 3.63) is 59.7 Å². The highest BCUT2D eigenvalue weighted by atomic mass is 19.4. The molecule has 1 spiro atoms. The highest BCUT2D eigenvalue weighted by molar-refractivity contribution is 6.07. The number of ether oxygens (including phenoxy) is 2. The standard InChI is InChI=1S/C28H30F3N3O5/c1-38-24(35)16-21-3-2-4-22(15-21)32-13-11-27(12-14-32)25(36)33(17-19-5-6-19)26(37)34(27)18-20-7-9-23(10-8-20)39-28(29,30)31/h2-4,7-10,15,19H,5-6,11-14,16-18H2,1H3. The van der Waals surface area contributed by atoms with Crippen molar-refractivity contribution in [3.8, 4) is 5.75 Å². The number of esters is 1. The van der Waals surface area contributed by atoms with Crippen LogP contribution in [0.15, 0.2) is 48.5 Å². The molecule has 0 aromatic heterocycles. The first-order chi connectivity index (χ1) is 18.6. The Labute approximate surface area is 224 Å². The Morgan fingerprint density at radius 2 is 1.72 bits per heavy atom. The highest BCUT2D eigenvalue weighted by Crippen LogP contribution is 2.42. The number of imide groups is 1. The molecule has 5 rings (SSSR count). The Morgan fingerprint density at radius 3 is 2.33 bits per heavy atom. The van der Waals surface area contributed by atoms with Crippen LogP contribution in [-0.2, 0) is 27.3 Å². The van der Waals surface area contributed by atoms with Crippen LogP contribution in [0.3, 0.4) is 0 Å². The molecule has 0 unspecified atom stereocenters. The first-order valence-electron chi connectivity index (χ1n) is 13.0. The summed E-state index contributed by atoms with van der Waals surface area (Å²) in [6.45, 7) is 1.54. The molecule has 2 saturated heterocycles. The fraction of sp³-hybridized carbons (Fsp3) is 0.464. The van der Waals surface area contributed by atoms with Crippen LogP contribution >= 0.6 is 0 Å². The molecule has 3 aliphatic rings. The summed E-state index contributed by atoms with van der Waals surface area (Å²) in [7, 11) is 1.35. The Kier molecular flexibility index (Phi) is 7.17. The van der Waals surface area contributed by atoms with Gasteiger partial charge in [0, 0.05) is 31.9 Å². The Hall–Kier alpha value is -3.76. The number of carbonyl (C=O) groups excluding carboxylic acids is 3. The minimum absolute atomic E-state index is 0.104. The van der Waals surface area contributed by atoms with E-state index in [4.69, 9.17) is 4.74 Å².